The van der Waals surface area contributed by atoms with Gasteiger partial charge in [-0.3, -0.25) is 19.5 Å². The minimum Gasteiger partial charge on any atom is -0.493 e. The lowest BCUT2D eigenvalue weighted by Crippen LogP contribution is -2.50. The van der Waals surface area contributed by atoms with Crippen LogP contribution in [-0.2, 0) is 16.1 Å². The van der Waals surface area contributed by atoms with Gasteiger partial charge in [0, 0.05) is 50.3 Å². The Morgan fingerprint density at radius 1 is 1.05 bits per heavy atom. The number of likely N-dealkylation sites (tertiary alicyclic amines) is 1. The highest BCUT2D eigenvalue weighted by atomic mass is 16.5. The third-order valence-corrected chi connectivity index (χ3v) is 7.94. The molecule has 0 unspecified atom stereocenters. The molecule has 5 heterocycles. The molecule has 1 aromatic carbocycles. The van der Waals surface area contributed by atoms with Gasteiger partial charge in [-0.15, -0.1) is 0 Å². The maximum atomic E-state index is 13.6. The van der Waals surface area contributed by atoms with Crippen LogP contribution in [0.15, 0.2) is 55.1 Å². The molecule has 0 spiro atoms. The van der Waals surface area contributed by atoms with Crippen LogP contribution in [0.3, 0.4) is 0 Å². The van der Waals surface area contributed by atoms with Gasteiger partial charge in [-0.25, -0.2) is 4.98 Å². The number of aromatic nitrogens is 3. The van der Waals surface area contributed by atoms with Crippen LogP contribution in [0, 0.1) is 0 Å². The van der Waals surface area contributed by atoms with Crippen LogP contribution < -0.4 is 15.4 Å². The van der Waals surface area contributed by atoms with Crippen LogP contribution >= 0.6 is 0 Å². The van der Waals surface area contributed by atoms with Crippen molar-refractivity contribution in [3.63, 3.8) is 0 Å². The number of ether oxygens (including phenoxy) is 2. The number of fused-ring (bicyclic) bond motifs is 5. The predicted octanol–water partition coefficient (Wildman–Crippen LogP) is 1.65. The van der Waals surface area contributed by atoms with E-state index in [2.05, 4.69) is 25.6 Å². The molecule has 4 N–H and O–H groups in total. The molecule has 11 heteroatoms. The number of imidazole rings is 1. The van der Waals surface area contributed by atoms with Gasteiger partial charge in [-0.1, -0.05) is 6.07 Å². The minimum absolute atomic E-state index is 0.120. The number of carbonyl (C=O) groups is 2. The molecule has 0 saturated carbocycles. The number of nitrogens with one attached hydrogen (secondary N) is 3. The molecule has 3 aromatic rings. The number of rotatable bonds is 3. The lowest BCUT2D eigenvalue weighted by atomic mass is 9.99. The van der Waals surface area contributed by atoms with Crippen LogP contribution in [0.4, 0.5) is 0 Å². The van der Waals surface area contributed by atoms with Crippen molar-refractivity contribution < 1.29 is 24.2 Å². The van der Waals surface area contributed by atoms with Gasteiger partial charge in [0.05, 0.1) is 37.0 Å². The maximum absolute atomic E-state index is 13.6. The lowest BCUT2D eigenvalue weighted by Gasteiger charge is -2.34. The molecule has 3 aliphatic rings. The number of aliphatic hydroxyl groups is 1. The summed E-state index contributed by atoms with van der Waals surface area (Å²) in [6, 6.07) is 8.68. The van der Waals surface area contributed by atoms with Crippen molar-refractivity contribution in [3.8, 4) is 16.9 Å². The number of hydrogen-bond acceptors (Lipinski definition) is 8. The molecule has 210 valence electrons. The SMILES string of the molecule is O=C1N[C@H]2C[C@@H](C(=O)NC[C@H]3O[C@H](CCOc4cc(-c5ccncc5)ccc41)CC[C@@H]3O)N(Cc1ncc[nH]1)C2. The predicted molar refractivity (Wildman–Crippen MR) is 145 cm³/mol. The Labute approximate surface area is 232 Å². The summed E-state index contributed by atoms with van der Waals surface area (Å²) in [6.07, 6.45) is 7.96. The number of aromatic amines is 1. The van der Waals surface area contributed by atoms with E-state index in [4.69, 9.17) is 9.47 Å². The number of pyridine rings is 1. The second-order valence-corrected chi connectivity index (χ2v) is 10.7. The standard InChI is InChI=1S/C29H34N6O5/c36-24-4-2-21-7-12-39-25-13-19(18-5-8-30-9-6-18)1-3-22(25)28(37)34-20-14-23(29(38)33-15-26(24)40-21)35(16-20)17-27-31-10-11-32-27/h1,3,5-6,8-11,13,20-21,23-24,26,36H,2,4,7,12,14-17H2,(H,31,32)(H,33,38)(H,34,37)/t20-,21-,23-,24-,26+/m0/s1. The van der Waals surface area contributed by atoms with E-state index in [0.29, 0.717) is 56.7 Å². The van der Waals surface area contributed by atoms with Gasteiger partial charge in [-0.2, -0.15) is 0 Å². The molecule has 11 nitrogen and oxygen atoms in total. The van der Waals surface area contributed by atoms with Gasteiger partial charge in [-0.05, 0) is 54.7 Å². The number of amides is 2. The maximum Gasteiger partial charge on any atom is 0.255 e. The van der Waals surface area contributed by atoms with Crippen LogP contribution in [0.5, 0.6) is 5.75 Å². The van der Waals surface area contributed by atoms with E-state index >= 15 is 0 Å². The fourth-order valence-corrected chi connectivity index (χ4v) is 5.81. The number of hydrogen-bond donors (Lipinski definition) is 4. The molecule has 3 aliphatic heterocycles. The molecule has 2 amide bonds. The Balaban J connectivity index is 1.29. The zero-order valence-electron chi connectivity index (χ0n) is 22.2. The summed E-state index contributed by atoms with van der Waals surface area (Å²) in [5.74, 6) is 0.835. The van der Waals surface area contributed by atoms with Crippen molar-refractivity contribution in [3.05, 3.63) is 66.5 Å². The first-order valence-corrected chi connectivity index (χ1v) is 13.8. The van der Waals surface area contributed by atoms with Crippen molar-refractivity contribution in [1.82, 2.24) is 30.5 Å². The zero-order chi connectivity index (χ0) is 27.5. The molecule has 2 aromatic heterocycles. The normalized spacial score (nSPS) is 27.8. The molecule has 2 fully saturated rings. The first-order valence-electron chi connectivity index (χ1n) is 13.8. The second kappa shape index (κ2) is 11.7. The summed E-state index contributed by atoms with van der Waals surface area (Å²) in [7, 11) is 0. The van der Waals surface area contributed by atoms with Crippen LogP contribution in [0.25, 0.3) is 11.1 Å². The molecule has 6 rings (SSSR count). The Morgan fingerprint density at radius 3 is 2.75 bits per heavy atom. The first-order chi connectivity index (χ1) is 19.5. The van der Waals surface area contributed by atoms with Gasteiger partial charge < -0.3 is 30.2 Å². The summed E-state index contributed by atoms with van der Waals surface area (Å²) < 4.78 is 12.4. The molecule has 5 atom stereocenters. The lowest BCUT2D eigenvalue weighted by molar-refractivity contribution is -0.133. The largest absolute Gasteiger partial charge is 0.493 e. The molecule has 4 bridgehead atoms. The molecule has 0 aliphatic carbocycles. The highest BCUT2D eigenvalue weighted by molar-refractivity contribution is 5.98. The summed E-state index contributed by atoms with van der Waals surface area (Å²) >= 11 is 0. The summed E-state index contributed by atoms with van der Waals surface area (Å²) in [6.45, 7) is 1.50. The number of aliphatic hydroxyl groups excluding tert-OH is 1. The summed E-state index contributed by atoms with van der Waals surface area (Å²) in [5, 5.41) is 16.7. The van der Waals surface area contributed by atoms with E-state index in [1.807, 2.05) is 29.2 Å². The number of H-pyrrole nitrogens is 1. The molecule has 40 heavy (non-hydrogen) atoms. The fraction of sp³-hybridized carbons (Fsp3) is 0.448. The van der Waals surface area contributed by atoms with E-state index in [-0.39, 0.29) is 30.5 Å². The smallest absolute Gasteiger partial charge is 0.255 e. The van der Waals surface area contributed by atoms with E-state index in [1.165, 1.54) is 0 Å². The van der Waals surface area contributed by atoms with Crippen LogP contribution in [0.2, 0.25) is 0 Å². The third-order valence-electron chi connectivity index (χ3n) is 7.94. The van der Waals surface area contributed by atoms with Crippen LogP contribution in [-0.4, -0.2) is 86.9 Å². The Morgan fingerprint density at radius 2 is 1.93 bits per heavy atom. The topological polar surface area (TPSA) is 142 Å². The fourth-order valence-electron chi connectivity index (χ4n) is 5.81. The van der Waals surface area contributed by atoms with Gasteiger partial charge in [0.15, 0.2) is 0 Å². The van der Waals surface area contributed by atoms with E-state index in [1.54, 1.807) is 30.9 Å². The Kier molecular flexibility index (Phi) is 7.76. The van der Waals surface area contributed by atoms with E-state index < -0.39 is 18.2 Å². The summed E-state index contributed by atoms with van der Waals surface area (Å²) in [4.78, 5) is 40.4. The average molecular weight is 547 g/mol. The van der Waals surface area contributed by atoms with Gasteiger partial charge in [0.1, 0.15) is 17.7 Å². The minimum atomic E-state index is -0.644. The molecule has 2 saturated heterocycles. The zero-order valence-corrected chi connectivity index (χ0v) is 22.2. The average Bonchev–Trinajstić information content (AvgIpc) is 3.63. The van der Waals surface area contributed by atoms with Gasteiger partial charge in [0.2, 0.25) is 5.91 Å². The van der Waals surface area contributed by atoms with E-state index in [0.717, 1.165) is 17.0 Å². The molecular formula is C29H34N6O5. The highest BCUT2D eigenvalue weighted by Gasteiger charge is 2.39. The summed E-state index contributed by atoms with van der Waals surface area (Å²) in [5.41, 5.74) is 2.33. The number of nitrogens with zero attached hydrogens (tertiary/aromatic N) is 3. The first kappa shape index (κ1) is 26.4. The van der Waals surface area contributed by atoms with E-state index in [9.17, 15) is 14.7 Å². The van der Waals surface area contributed by atoms with Crippen molar-refractivity contribution in [2.45, 2.75) is 62.6 Å². The highest BCUT2D eigenvalue weighted by Crippen LogP contribution is 2.29. The van der Waals surface area contributed by atoms with Crippen molar-refractivity contribution in [2.24, 2.45) is 0 Å². The second-order valence-electron chi connectivity index (χ2n) is 10.7. The van der Waals surface area contributed by atoms with Gasteiger partial charge in [0.25, 0.3) is 5.91 Å². The Bertz CT molecular complexity index is 1320. The quantitative estimate of drug-likeness (QED) is 0.389. The number of benzene rings is 1. The number of carbonyl (C=O) groups excluding carboxylic acids is 2. The van der Waals surface area contributed by atoms with Crippen molar-refractivity contribution in [1.29, 1.82) is 0 Å². The van der Waals surface area contributed by atoms with Crippen molar-refractivity contribution >= 4 is 11.8 Å². The van der Waals surface area contributed by atoms with Gasteiger partial charge >= 0.3 is 0 Å². The third kappa shape index (κ3) is 5.86. The molecular weight excluding hydrogens is 512 g/mol. The Hall–Kier alpha value is -3.80. The monoisotopic (exact) mass is 546 g/mol. The van der Waals surface area contributed by atoms with Crippen LogP contribution in [0.1, 0.15) is 41.9 Å². The molecule has 0 radical (unpaired) electrons. The van der Waals surface area contributed by atoms with Crippen molar-refractivity contribution in [2.75, 3.05) is 19.7 Å².